The Kier molecular flexibility index (Phi) is 6.20. The minimum Gasteiger partial charge on any atom is -0.494 e. The zero-order valence-corrected chi connectivity index (χ0v) is 14.3. The number of anilines is 1. The lowest BCUT2D eigenvalue weighted by Crippen LogP contribution is -2.45. The van der Waals surface area contributed by atoms with E-state index in [9.17, 15) is 4.79 Å². The maximum atomic E-state index is 12.1. The first-order valence-corrected chi connectivity index (χ1v) is 8.80. The average molecular weight is 340 g/mol. The van der Waals surface area contributed by atoms with E-state index in [0.717, 1.165) is 44.0 Å². The second-order valence-corrected chi connectivity index (χ2v) is 6.14. The molecule has 1 fully saturated rings. The monoisotopic (exact) mass is 340 g/mol. The summed E-state index contributed by atoms with van der Waals surface area (Å²) >= 11 is 0. The molecule has 1 aliphatic rings. The van der Waals surface area contributed by atoms with Gasteiger partial charge in [0.05, 0.1) is 6.61 Å². The van der Waals surface area contributed by atoms with Crippen LogP contribution in [0.2, 0.25) is 0 Å². The molecule has 0 unspecified atom stereocenters. The van der Waals surface area contributed by atoms with Gasteiger partial charge in [-0.1, -0.05) is 18.2 Å². The van der Waals surface area contributed by atoms with Crippen LogP contribution in [0.5, 0.6) is 5.75 Å². The molecule has 1 aromatic carbocycles. The number of ether oxygens (including phenoxy) is 1. The third-order valence-corrected chi connectivity index (χ3v) is 4.26. The Bertz CT molecular complexity index is 643. The van der Waals surface area contributed by atoms with E-state index >= 15 is 0 Å². The summed E-state index contributed by atoms with van der Waals surface area (Å²) in [5.74, 6) is 1.72. The summed E-state index contributed by atoms with van der Waals surface area (Å²) in [6, 6.07) is 11.7. The molecule has 2 heterocycles. The highest BCUT2D eigenvalue weighted by atomic mass is 16.5. The smallest absolute Gasteiger partial charge is 0.225 e. The Morgan fingerprint density at radius 2 is 1.84 bits per heavy atom. The quantitative estimate of drug-likeness (QED) is 0.784. The number of amides is 1. The normalized spacial score (nSPS) is 15.0. The van der Waals surface area contributed by atoms with Gasteiger partial charge in [-0.25, -0.2) is 9.97 Å². The Balaban J connectivity index is 1.31. The van der Waals surface area contributed by atoms with Crippen molar-refractivity contribution in [3.63, 3.8) is 0 Å². The third kappa shape index (κ3) is 5.45. The van der Waals surface area contributed by atoms with Crippen molar-refractivity contribution in [2.45, 2.75) is 31.7 Å². The molecule has 6 nitrogen and oxygen atoms in total. The van der Waals surface area contributed by atoms with E-state index in [1.54, 1.807) is 12.4 Å². The summed E-state index contributed by atoms with van der Waals surface area (Å²) in [7, 11) is 0. The molecule has 1 amide bonds. The highest BCUT2D eigenvalue weighted by Crippen LogP contribution is 2.15. The first-order chi connectivity index (χ1) is 12.3. The van der Waals surface area contributed by atoms with Crippen LogP contribution < -0.4 is 15.0 Å². The van der Waals surface area contributed by atoms with Crippen molar-refractivity contribution < 1.29 is 9.53 Å². The minimum atomic E-state index is 0.103. The van der Waals surface area contributed by atoms with Crippen LogP contribution in [0.15, 0.2) is 48.8 Å². The van der Waals surface area contributed by atoms with Crippen LogP contribution in [0.25, 0.3) is 0 Å². The van der Waals surface area contributed by atoms with Crippen molar-refractivity contribution >= 4 is 11.9 Å². The Morgan fingerprint density at radius 1 is 1.12 bits per heavy atom. The summed E-state index contributed by atoms with van der Waals surface area (Å²) < 4.78 is 5.61. The van der Waals surface area contributed by atoms with Gasteiger partial charge in [-0.15, -0.1) is 0 Å². The minimum absolute atomic E-state index is 0.103. The standard InChI is InChI=1S/C19H24N4O2/c24-18(8-4-15-25-17-6-2-1-3-7-17)22-16-9-13-23(14-10-16)19-20-11-5-12-21-19/h1-3,5-7,11-12,16H,4,8-10,13-15H2,(H,22,24). The van der Waals surface area contributed by atoms with Crippen LogP contribution in [-0.2, 0) is 4.79 Å². The Labute approximate surface area is 148 Å². The van der Waals surface area contributed by atoms with Crippen molar-refractivity contribution in [2.75, 3.05) is 24.6 Å². The lowest BCUT2D eigenvalue weighted by molar-refractivity contribution is -0.122. The number of piperidine rings is 1. The summed E-state index contributed by atoms with van der Waals surface area (Å²) in [5, 5.41) is 3.13. The number of nitrogens with one attached hydrogen (secondary N) is 1. The van der Waals surface area contributed by atoms with E-state index in [1.807, 2.05) is 36.4 Å². The summed E-state index contributed by atoms with van der Waals surface area (Å²) in [6.07, 6.45) is 6.57. The van der Waals surface area contributed by atoms with Crippen LogP contribution in [-0.4, -0.2) is 41.6 Å². The van der Waals surface area contributed by atoms with Gasteiger partial charge in [-0.05, 0) is 37.5 Å². The third-order valence-electron chi connectivity index (χ3n) is 4.26. The maximum absolute atomic E-state index is 12.1. The molecule has 0 atom stereocenters. The second-order valence-electron chi connectivity index (χ2n) is 6.14. The van der Waals surface area contributed by atoms with Crippen molar-refractivity contribution in [1.82, 2.24) is 15.3 Å². The van der Waals surface area contributed by atoms with E-state index in [4.69, 9.17) is 4.74 Å². The number of benzene rings is 1. The Morgan fingerprint density at radius 3 is 2.56 bits per heavy atom. The van der Waals surface area contributed by atoms with Crippen LogP contribution in [0.4, 0.5) is 5.95 Å². The van der Waals surface area contributed by atoms with Gasteiger partial charge in [0, 0.05) is 37.9 Å². The predicted molar refractivity (Wildman–Crippen MR) is 96.6 cm³/mol. The van der Waals surface area contributed by atoms with Gasteiger partial charge < -0.3 is 15.0 Å². The summed E-state index contributed by atoms with van der Waals surface area (Å²) in [6.45, 7) is 2.29. The van der Waals surface area contributed by atoms with Crippen molar-refractivity contribution in [2.24, 2.45) is 0 Å². The number of hydrogen-bond donors (Lipinski definition) is 1. The average Bonchev–Trinajstić information content (AvgIpc) is 2.67. The molecule has 132 valence electrons. The van der Waals surface area contributed by atoms with E-state index < -0.39 is 0 Å². The lowest BCUT2D eigenvalue weighted by atomic mass is 10.1. The van der Waals surface area contributed by atoms with Crippen LogP contribution in [0.3, 0.4) is 0 Å². The molecule has 1 saturated heterocycles. The van der Waals surface area contributed by atoms with Crippen LogP contribution >= 0.6 is 0 Å². The van der Waals surface area contributed by atoms with E-state index in [0.29, 0.717) is 13.0 Å². The van der Waals surface area contributed by atoms with Crippen molar-refractivity contribution in [3.8, 4) is 5.75 Å². The largest absolute Gasteiger partial charge is 0.494 e. The number of nitrogens with zero attached hydrogens (tertiary/aromatic N) is 3. The zero-order chi connectivity index (χ0) is 17.3. The molecule has 1 aliphatic heterocycles. The number of rotatable bonds is 7. The van der Waals surface area contributed by atoms with Gasteiger partial charge in [0.25, 0.3) is 0 Å². The first-order valence-electron chi connectivity index (χ1n) is 8.80. The van der Waals surface area contributed by atoms with Gasteiger partial charge >= 0.3 is 0 Å². The zero-order valence-electron chi connectivity index (χ0n) is 14.3. The van der Waals surface area contributed by atoms with Crippen LogP contribution in [0.1, 0.15) is 25.7 Å². The molecular formula is C19H24N4O2. The SMILES string of the molecule is O=C(CCCOc1ccccc1)NC1CCN(c2ncccn2)CC1. The number of hydrogen-bond acceptors (Lipinski definition) is 5. The molecule has 1 N–H and O–H groups in total. The molecule has 2 aromatic rings. The van der Waals surface area contributed by atoms with Crippen molar-refractivity contribution in [3.05, 3.63) is 48.8 Å². The molecule has 25 heavy (non-hydrogen) atoms. The number of aromatic nitrogens is 2. The number of carbonyl (C=O) groups excluding carboxylic acids is 1. The molecule has 3 rings (SSSR count). The first kappa shape index (κ1) is 17.2. The topological polar surface area (TPSA) is 67.3 Å². The molecule has 6 heteroatoms. The second kappa shape index (κ2) is 9.01. The van der Waals surface area contributed by atoms with Gasteiger partial charge in [0.15, 0.2) is 0 Å². The number of para-hydroxylation sites is 1. The van der Waals surface area contributed by atoms with Gasteiger partial charge in [0.2, 0.25) is 11.9 Å². The molecule has 1 aromatic heterocycles. The highest BCUT2D eigenvalue weighted by molar-refractivity contribution is 5.76. The fourth-order valence-electron chi connectivity index (χ4n) is 2.92. The fourth-order valence-corrected chi connectivity index (χ4v) is 2.92. The molecule has 0 aliphatic carbocycles. The summed E-state index contributed by atoms with van der Waals surface area (Å²) in [4.78, 5) is 22.8. The molecule has 0 saturated carbocycles. The van der Waals surface area contributed by atoms with Gasteiger partial charge in [-0.3, -0.25) is 4.79 Å². The number of carbonyl (C=O) groups is 1. The Hall–Kier alpha value is -2.63. The van der Waals surface area contributed by atoms with Gasteiger partial charge in [0.1, 0.15) is 5.75 Å². The summed E-state index contributed by atoms with van der Waals surface area (Å²) in [5.41, 5.74) is 0. The van der Waals surface area contributed by atoms with Crippen LogP contribution in [0, 0.1) is 0 Å². The molecule has 0 bridgehead atoms. The van der Waals surface area contributed by atoms with E-state index in [-0.39, 0.29) is 11.9 Å². The predicted octanol–water partition coefficient (Wildman–Crippen LogP) is 2.42. The lowest BCUT2D eigenvalue weighted by Gasteiger charge is -2.32. The molecular weight excluding hydrogens is 316 g/mol. The molecule has 0 spiro atoms. The van der Waals surface area contributed by atoms with E-state index in [1.165, 1.54) is 0 Å². The van der Waals surface area contributed by atoms with Crippen molar-refractivity contribution in [1.29, 1.82) is 0 Å². The van der Waals surface area contributed by atoms with E-state index in [2.05, 4.69) is 20.2 Å². The fraction of sp³-hybridized carbons (Fsp3) is 0.421. The highest BCUT2D eigenvalue weighted by Gasteiger charge is 2.21. The molecule has 0 radical (unpaired) electrons. The maximum Gasteiger partial charge on any atom is 0.225 e. The van der Waals surface area contributed by atoms with Gasteiger partial charge in [-0.2, -0.15) is 0 Å².